The molecular formula is C23H25F3N8. The van der Waals surface area contributed by atoms with E-state index in [2.05, 4.69) is 30.5 Å². The van der Waals surface area contributed by atoms with Gasteiger partial charge in [0, 0.05) is 51.1 Å². The lowest BCUT2D eigenvalue weighted by atomic mass is 10.1. The quantitative estimate of drug-likeness (QED) is 0.393. The molecule has 8 nitrogen and oxygen atoms in total. The number of fused-ring (bicyclic) bond motifs is 1. The van der Waals surface area contributed by atoms with Crippen LogP contribution in [0.15, 0.2) is 42.6 Å². The second-order valence-corrected chi connectivity index (χ2v) is 7.85. The average Bonchev–Trinajstić information content (AvgIpc) is 2.84. The number of aromatic nitrogens is 3. The van der Waals surface area contributed by atoms with E-state index in [0.717, 1.165) is 57.2 Å². The molecule has 1 saturated heterocycles. The van der Waals surface area contributed by atoms with Crippen LogP contribution in [-0.2, 0) is 6.18 Å². The van der Waals surface area contributed by atoms with Gasteiger partial charge in [-0.15, -0.1) is 0 Å². The molecule has 3 aromatic heterocycles. The van der Waals surface area contributed by atoms with Gasteiger partial charge in [0.15, 0.2) is 0 Å². The van der Waals surface area contributed by atoms with Crippen molar-refractivity contribution in [2.75, 3.05) is 44.6 Å². The van der Waals surface area contributed by atoms with E-state index < -0.39 is 11.9 Å². The minimum Gasteiger partial charge on any atom is -0.396 e. The zero-order valence-corrected chi connectivity index (χ0v) is 18.4. The first-order valence-corrected chi connectivity index (χ1v) is 10.8. The number of rotatable bonds is 7. The molecule has 34 heavy (non-hydrogen) atoms. The summed E-state index contributed by atoms with van der Waals surface area (Å²) in [5, 5.41) is 14.5. The molecule has 0 bridgehead atoms. The summed E-state index contributed by atoms with van der Waals surface area (Å²) in [5.74, 6) is 0. The third-order valence-electron chi connectivity index (χ3n) is 5.53. The predicted molar refractivity (Wildman–Crippen MR) is 126 cm³/mol. The molecule has 1 aliphatic heterocycles. The van der Waals surface area contributed by atoms with Crippen LogP contribution >= 0.6 is 0 Å². The van der Waals surface area contributed by atoms with Gasteiger partial charge in [-0.3, -0.25) is 9.88 Å². The van der Waals surface area contributed by atoms with Crippen molar-refractivity contribution in [3.05, 3.63) is 59.7 Å². The van der Waals surface area contributed by atoms with Crippen molar-refractivity contribution in [3.63, 3.8) is 0 Å². The maximum atomic E-state index is 13.0. The Morgan fingerprint density at radius 2 is 1.91 bits per heavy atom. The number of halogens is 3. The van der Waals surface area contributed by atoms with Crippen LogP contribution in [-0.4, -0.2) is 65.3 Å². The fourth-order valence-electron chi connectivity index (χ4n) is 3.72. The Hall–Kier alpha value is -3.57. The molecule has 5 N–H and O–H groups in total. The normalized spacial score (nSPS) is 15.7. The molecule has 0 aliphatic carbocycles. The summed E-state index contributed by atoms with van der Waals surface area (Å²) in [7, 11) is 0. The van der Waals surface area contributed by atoms with Crippen molar-refractivity contribution in [2.24, 2.45) is 5.73 Å². The van der Waals surface area contributed by atoms with Gasteiger partial charge in [0.25, 0.3) is 0 Å². The molecule has 0 atom stereocenters. The monoisotopic (exact) mass is 470 g/mol. The van der Waals surface area contributed by atoms with Gasteiger partial charge in [-0.25, -0.2) is 9.97 Å². The highest BCUT2D eigenvalue weighted by molar-refractivity contribution is 6.17. The first kappa shape index (κ1) is 23.6. The number of hydrogen-bond acceptors (Lipinski definition) is 8. The number of anilines is 1. The number of alkyl halides is 3. The summed E-state index contributed by atoms with van der Waals surface area (Å²) in [5.41, 5.74) is 7.49. The van der Waals surface area contributed by atoms with Gasteiger partial charge in [-0.1, -0.05) is 6.07 Å². The summed E-state index contributed by atoms with van der Waals surface area (Å²) in [6.45, 7) is 5.69. The summed E-state index contributed by atoms with van der Waals surface area (Å²) in [4.78, 5) is 15.0. The van der Waals surface area contributed by atoms with Crippen LogP contribution in [0.1, 0.15) is 17.1 Å². The molecule has 0 radical (unpaired) electrons. The maximum absolute atomic E-state index is 13.0. The van der Waals surface area contributed by atoms with E-state index >= 15 is 0 Å². The summed E-state index contributed by atoms with van der Waals surface area (Å²) in [6, 6.07) is 8.69. The fraction of sp³-hybridized carbons (Fsp3) is 0.304. The number of hydrogen-bond donors (Lipinski definition) is 4. The lowest BCUT2D eigenvalue weighted by Crippen LogP contribution is -2.45. The van der Waals surface area contributed by atoms with Gasteiger partial charge in [-0.05, 0) is 30.3 Å². The van der Waals surface area contributed by atoms with Gasteiger partial charge in [-0.2, -0.15) is 13.2 Å². The van der Waals surface area contributed by atoms with Gasteiger partial charge in [0.1, 0.15) is 5.69 Å². The van der Waals surface area contributed by atoms with Crippen LogP contribution in [0.5, 0.6) is 0 Å². The number of pyridine rings is 3. The molecule has 0 amide bonds. The van der Waals surface area contributed by atoms with E-state index in [0.29, 0.717) is 16.7 Å². The van der Waals surface area contributed by atoms with Gasteiger partial charge in [0.05, 0.1) is 40.0 Å². The number of piperazine rings is 1. The molecule has 1 fully saturated rings. The number of nitrogens with two attached hydrogens (primary N) is 1. The third kappa shape index (κ3) is 5.49. The first-order chi connectivity index (χ1) is 16.3. The SMILES string of the molecule is N=CC(=C(N)c1cccc(C(F)(F)F)n1)c1ccc2ncc(NCCN3CCNCC3)cc2n1. The highest BCUT2D eigenvalue weighted by Gasteiger charge is 2.32. The van der Waals surface area contributed by atoms with Crippen LogP contribution in [0.3, 0.4) is 0 Å². The highest BCUT2D eigenvalue weighted by atomic mass is 19.4. The minimum absolute atomic E-state index is 0.0637. The average molecular weight is 471 g/mol. The standard InChI is InChI=1S/C23H25F3N8/c24-23(25,26)21-3-1-2-19(33-21)22(28)16(13-27)17-4-5-18-20(32-17)12-15(14-31-18)30-8-11-34-9-6-29-7-10-34/h1-5,12-14,27,29-30H,6-11,28H2. The first-order valence-electron chi connectivity index (χ1n) is 10.8. The largest absolute Gasteiger partial charge is 0.433 e. The molecule has 1 aliphatic rings. The smallest absolute Gasteiger partial charge is 0.396 e. The van der Waals surface area contributed by atoms with Gasteiger partial charge in [0.2, 0.25) is 0 Å². The predicted octanol–water partition coefficient (Wildman–Crippen LogP) is 2.84. The molecule has 4 rings (SSSR count). The van der Waals surface area contributed by atoms with Crippen LogP contribution < -0.4 is 16.4 Å². The number of nitrogens with one attached hydrogen (secondary N) is 3. The second-order valence-electron chi connectivity index (χ2n) is 7.85. The van der Waals surface area contributed by atoms with Crippen LogP contribution in [0, 0.1) is 5.41 Å². The molecule has 0 saturated carbocycles. The molecule has 178 valence electrons. The topological polar surface area (TPSA) is 116 Å². The Morgan fingerprint density at radius 3 is 2.65 bits per heavy atom. The van der Waals surface area contributed by atoms with E-state index in [1.807, 2.05) is 6.07 Å². The molecule has 0 unspecified atom stereocenters. The molecule has 4 heterocycles. The highest BCUT2D eigenvalue weighted by Crippen LogP contribution is 2.29. The fourth-order valence-corrected chi connectivity index (χ4v) is 3.72. The van der Waals surface area contributed by atoms with Crippen molar-refractivity contribution in [3.8, 4) is 0 Å². The summed E-state index contributed by atoms with van der Waals surface area (Å²) >= 11 is 0. The molecule has 0 spiro atoms. The van der Waals surface area contributed by atoms with Crippen LogP contribution in [0.25, 0.3) is 22.3 Å². The van der Waals surface area contributed by atoms with Crippen molar-refractivity contribution >= 4 is 34.2 Å². The van der Waals surface area contributed by atoms with Crippen molar-refractivity contribution < 1.29 is 13.2 Å². The Balaban J connectivity index is 1.58. The lowest BCUT2D eigenvalue weighted by Gasteiger charge is -2.27. The van der Waals surface area contributed by atoms with Crippen LogP contribution in [0.4, 0.5) is 18.9 Å². The summed E-state index contributed by atoms with van der Waals surface area (Å²) in [6.07, 6.45) is -1.90. The van der Waals surface area contributed by atoms with Crippen molar-refractivity contribution in [1.29, 1.82) is 5.41 Å². The molecule has 0 aromatic carbocycles. The Kier molecular flexibility index (Phi) is 7.03. The van der Waals surface area contributed by atoms with Gasteiger partial charge >= 0.3 is 6.18 Å². The van der Waals surface area contributed by atoms with Gasteiger partial charge < -0.3 is 21.8 Å². The Morgan fingerprint density at radius 1 is 1.12 bits per heavy atom. The minimum atomic E-state index is -4.59. The zero-order chi connectivity index (χ0) is 24.1. The summed E-state index contributed by atoms with van der Waals surface area (Å²) < 4.78 is 39.1. The van der Waals surface area contributed by atoms with E-state index in [4.69, 9.17) is 11.1 Å². The molecule has 3 aromatic rings. The van der Waals surface area contributed by atoms with Crippen LogP contribution in [0.2, 0.25) is 0 Å². The Labute approximate surface area is 194 Å². The number of allylic oxidation sites excluding steroid dienone is 1. The third-order valence-corrected chi connectivity index (χ3v) is 5.53. The zero-order valence-electron chi connectivity index (χ0n) is 18.4. The van der Waals surface area contributed by atoms with E-state index in [-0.39, 0.29) is 17.0 Å². The van der Waals surface area contributed by atoms with E-state index in [9.17, 15) is 13.2 Å². The van der Waals surface area contributed by atoms with E-state index in [1.165, 1.54) is 12.1 Å². The maximum Gasteiger partial charge on any atom is 0.433 e. The van der Waals surface area contributed by atoms with Crippen molar-refractivity contribution in [1.82, 2.24) is 25.2 Å². The van der Waals surface area contributed by atoms with Crippen molar-refractivity contribution in [2.45, 2.75) is 6.18 Å². The second kappa shape index (κ2) is 10.1. The van der Waals surface area contributed by atoms with E-state index in [1.54, 1.807) is 18.3 Å². The Bertz CT molecular complexity index is 1200. The molecule has 11 heteroatoms. The number of nitrogens with zero attached hydrogens (tertiary/aromatic N) is 4. The lowest BCUT2D eigenvalue weighted by molar-refractivity contribution is -0.141. The molecular weight excluding hydrogens is 445 g/mol.